The summed E-state index contributed by atoms with van der Waals surface area (Å²) in [6, 6.07) is 0. The van der Waals surface area contributed by atoms with Crippen LogP contribution in [-0.4, -0.2) is 37.2 Å². The lowest BCUT2D eigenvalue weighted by atomic mass is 9.99. The molecule has 0 aliphatic heterocycles. The van der Waals surface area contributed by atoms with Crippen molar-refractivity contribution in [3.8, 4) is 0 Å². The first-order valence-electron chi connectivity index (χ1n) is 30.4. The van der Waals surface area contributed by atoms with Crippen molar-refractivity contribution >= 4 is 17.9 Å². The average molecular weight is 948 g/mol. The molecular formula is C61H118O6. The van der Waals surface area contributed by atoms with E-state index in [1.807, 2.05) is 0 Å². The monoisotopic (exact) mass is 947 g/mol. The van der Waals surface area contributed by atoms with Gasteiger partial charge in [-0.2, -0.15) is 0 Å². The van der Waals surface area contributed by atoms with Crippen molar-refractivity contribution in [2.24, 2.45) is 5.92 Å². The SMILES string of the molecule is CCCCCCCCCCCCCCCCCCC(=O)OC[C@@H](COC(=O)CCCCCCCCCCCCC)OC(=O)CCCCCCCCCCCCCCCCCCCCC(C)CC. The lowest BCUT2D eigenvalue weighted by Crippen LogP contribution is -2.30. The summed E-state index contributed by atoms with van der Waals surface area (Å²) >= 11 is 0. The maximum absolute atomic E-state index is 12.9. The van der Waals surface area contributed by atoms with Crippen molar-refractivity contribution in [3.63, 3.8) is 0 Å². The summed E-state index contributed by atoms with van der Waals surface area (Å²) in [6.07, 6.45) is 60.9. The van der Waals surface area contributed by atoms with Crippen LogP contribution in [0, 0.1) is 5.92 Å². The van der Waals surface area contributed by atoms with Gasteiger partial charge in [-0.25, -0.2) is 0 Å². The zero-order chi connectivity index (χ0) is 48.8. The summed E-state index contributed by atoms with van der Waals surface area (Å²) in [5, 5.41) is 0. The van der Waals surface area contributed by atoms with Crippen LogP contribution in [0.25, 0.3) is 0 Å². The molecule has 0 fully saturated rings. The maximum atomic E-state index is 12.9. The van der Waals surface area contributed by atoms with E-state index in [9.17, 15) is 14.4 Å². The number of hydrogen-bond acceptors (Lipinski definition) is 6. The highest BCUT2D eigenvalue weighted by Crippen LogP contribution is 2.19. The van der Waals surface area contributed by atoms with Crippen molar-refractivity contribution < 1.29 is 28.6 Å². The van der Waals surface area contributed by atoms with Crippen LogP contribution in [0.1, 0.15) is 349 Å². The Kier molecular flexibility index (Phi) is 54.0. The first kappa shape index (κ1) is 65.4. The summed E-state index contributed by atoms with van der Waals surface area (Å²) in [5.74, 6) is 0.0762. The van der Waals surface area contributed by atoms with E-state index in [1.54, 1.807) is 0 Å². The van der Waals surface area contributed by atoms with Crippen LogP contribution >= 0.6 is 0 Å². The molecule has 6 nitrogen and oxygen atoms in total. The van der Waals surface area contributed by atoms with Crippen LogP contribution in [-0.2, 0) is 28.6 Å². The fourth-order valence-corrected chi connectivity index (χ4v) is 9.42. The van der Waals surface area contributed by atoms with Gasteiger partial charge in [0.1, 0.15) is 13.2 Å². The summed E-state index contributed by atoms with van der Waals surface area (Å²) in [6.45, 7) is 9.11. The largest absolute Gasteiger partial charge is 0.462 e. The molecule has 0 rings (SSSR count). The molecule has 0 saturated carbocycles. The maximum Gasteiger partial charge on any atom is 0.306 e. The van der Waals surface area contributed by atoms with E-state index in [0.717, 1.165) is 63.7 Å². The Labute approximate surface area is 418 Å². The third-order valence-electron chi connectivity index (χ3n) is 14.4. The lowest BCUT2D eigenvalue weighted by molar-refractivity contribution is -0.167. The van der Waals surface area contributed by atoms with E-state index in [4.69, 9.17) is 14.2 Å². The second-order valence-electron chi connectivity index (χ2n) is 21.2. The molecule has 0 aromatic carbocycles. The first-order valence-corrected chi connectivity index (χ1v) is 30.4. The fraction of sp³-hybridized carbons (Fsp3) is 0.951. The van der Waals surface area contributed by atoms with Crippen molar-refractivity contribution in [1.29, 1.82) is 0 Å². The third kappa shape index (κ3) is 53.6. The van der Waals surface area contributed by atoms with Gasteiger partial charge in [-0.05, 0) is 25.2 Å². The molecule has 0 bridgehead atoms. The van der Waals surface area contributed by atoms with Gasteiger partial charge in [0.05, 0.1) is 0 Å². The number of carbonyl (C=O) groups excluding carboxylic acids is 3. The molecule has 0 radical (unpaired) electrons. The van der Waals surface area contributed by atoms with E-state index in [1.165, 1.54) is 244 Å². The molecule has 0 aromatic heterocycles. The third-order valence-corrected chi connectivity index (χ3v) is 14.4. The summed E-state index contributed by atoms with van der Waals surface area (Å²) < 4.78 is 16.9. The molecule has 0 aliphatic rings. The van der Waals surface area contributed by atoms with E-state index < -0.39 is 6.10 Å². The zero-order valence-corrected chi connectivity index (χ0v) is 45.9. The van der Waals surface area contributed by atoms with Crippen LogP contribution in [0.4, 0.5) is 0 Å². The molecule has 0 heterocycles. The Balaban J connectivity index is 4.22. The van der Waals surface area contributed by atoms with Crippen LogP contribution < -0.4 is 0 Å². The predicted octanol–water partition coefficient (Wildman–Crippen LogP) is 20.2. The zero-order valence-electron chi connectivity index (χ0n) is 45.9. The molecule has 0 aliphatic carbocycles. The first-order chi connectivity index (χ1) is 32.9. The van der Waals surface area contributed by atoms with Crippen LogP contribution in [0.5, 0.6) is 0 Å². The molecule has 0 saturated heterocycles. The highest BCUT2D eigenvalue weighted by atomic mass is 16.6. The van der Waals surface area contributed by atoms with Crippen LogP contribution in [0.2, 0.25) is 0 Å². The number of ether oxygens (including phenoxy) is 3. The van der Waals surface area contributed by atoms with E-state index in [0.29, 0.717) is 19.3 Å². The van der Waals surface area contributed by atoms with Crippen LogP contribution in [0.15, 0.2) is 0 Å². The van der Waals surface area contributed by atoms with Gasteiger partial charge < -0.3 is 14.2 Å². The second kappa shape index (κ2) is 55.3. The molecule has 0 aromatic rings. The highest BCUT2D eigenvalue weighted by Gasteiger charge is 2.19. The molecule has 67 heavy (non-hydrogen) atoms. The van der Waals surface area contributed by atoms with Crippen molar-refractivity contribution in [2.45, 2.75) is 355 Å². The minimum atomic E-state index is -0.761. The Morgan fingerprint density at radius 3 is 0.776 bits per heavy atom. The molecule has 0 spiro atoms. The summed E-state index contributed by atoms with van der Waals surface area (Å²) in [4.78, 5) is 38.1. The number of esters is 3. The quantitative estimate of drug-likeness (QED) is 0.0343. The molecule has 0 N–H and O–H groups in total. The summed E-state index contributed by atoms with van der Waals surface area (Å²) in [5.41, 5.74) is 0. The Morgan fingerprint density at radius 1 is 0.299 bits per heavy atom. The Morgan fingerprint density at radius 2 is 0.522 bits per heavy atom. The predicted molar refractivity (Wildman–Crippen MR) is 289 cm³/mol. The van der Waals surface area contributed by atoms with Gasteiger partial charge in [-0.1, -0.05) is 310 Å². The van der Waals surface area contributed by atoms with Crippen molar-refractivity contribution in [3.05, 3.63) is 0 Å². The van der Waals surface area contributed by atoms with E-state index in [2.05, 4.69) is 27.7 Å². The molecule has 6 heteroatoms. The topological polar surface area (TPSA) is 78.9 Å². The number of unbranched alkanes of at least 4 members (excludes halogenated alkanes) is 42. The lowest BCUT2D eigenvalue weighted by Gasteiger charge is -2.18. The van der Waals surface area contributed by atoms with Gasteiger partial charge in [0.15, 0.2) is 6.10 Å². The summed E-state index contributed by atoms with van der Waals surface area (Å²) in [7, 11) is 0. The van der Waals surface area contributed by atoms with Gasteiger partial charge in [-0.15, -0.1) is 0 Å². The van der Waals surface area contributed by atoms with Gasteiger partial charge in [0.2, 0.25) is 0 Å². The fourth-order valence-electron chi connectivity index (χ4n) is 9.42. The van der Waals surface area contributed by atoms with E-state index in [-0.39, 0.29) is 31.1 Å². The van der Waals surface area contributed by atoms with Gasteiger partial charge >= 0.3 is 17.9 Å². The molecule has 2 atom stereocenters. The van der Waals surface area contributed by atoms with Crippen LogP contribution in [0.3, 0.4) is 0 Å². The Bertz CT molecular complexity index is 1010. The van der Waals surface area contributed by atoms with Gasteiger partial charge in [0, 0.05) is 19.3 Å². The van der Waals surface area contributed by atoms with Crippen molar-refractivity contribution in [1.82, 2.24) is 0 Å². The van der Waals surface area contributed by atoms with Gasteiger partial charge in [-0.3, -0.25) is 14.4 Å². The smallest absolute Gasteiger partial charge is 0.306 e. The Hall–Kier alpha value is -1.59. The highest BCUT2D eigenvalue weighted by molar-refractivity contribution is 5.71. The molecule has 398 valence electrons. The molecule has 0 amide bonds. The molecular weight excluding hydrogens is 829 g/mol. The standard InChI is InChI=1S/C61H118O6/c1-5-8-10-12-14-16-18-19-20-26-29-33-37-41-45-49-53-60(63)66-56-58(55-65-59(62)52-48-44-40-36-31-17-15-13-11-9-6-2)67-61(64)54-50-46-42-38-34-30-27-24-22-21-23-25-28-32-35-39-43-47-51-57(4)7-3/h57-58H,5-56H2,1-4H3/t57?,58-/m1/s1. The second-order valence-corrected chi connectivity index (χ2v) is 21.2. The molecule has 1 unspecified atom stereocenters. The number of hydrogen-bond donors (Lipinski definition) is 0. The average Bonchev–Trinajstić information content (AvgIpc) is 3.33. The minimum absolute atomic E-state index is 0.0615. The number of rotatable bonds is 56. The van der Waals surface area contributed by atoms with E-state index >= 15 is 0 Å². The van der Waals surface area contributed by atoms with Gasteiger partial charge in [0.25, 0.3) is 0 Å². The van der Waals surface area contributed by atoms with Crippen molar-refractivity contribution in [2.75, 3.05) is 13.2 Å². The normalized spacial score (nSPS) is 12.4. The number of carbonyl (C=O) groups is 3. The minimum Gasteiger partial charge on any atom is -0.462 e.